The first kappa shape index (κ1) is 22.4. The van der Waals surface area contributed by atoms with Gasteiger partial charge in [-0.15, -0.1) is 0 Å². The normalized spacial score (nSPS) is 12.2. The Labute approximate surface area is 172 Å². The number of amides is 2. The molecule has 2 rings (SSSR count). The molecule has 0 aliphatic carbocycles. The standard InChI is InChI=1S/C23H31N3O3/c1-4-23(5-2,26-17(3)19-9-7-6-8-10-19)16-25-22(29)24-15-18-11-13-20(14-12-18)21(27)28/h6-14,17,26H,4-5,15-16H2,1-3H3,(H,27,28)(H2,24,25,29). The lowest BCUT2D eigenvalue weighted by atomic mass is 9.90. The highest BCUT2D eigenvalue weighted by molar-refractivity contribution is 5.87. The summed E-state index contributed by atoms with van der Waals surface area (Å²) in [7, 11) is 0. The second kappa shape index (κ2) is 10.6. The van der Waals surface area contributed by atoms with Crippen molar-refractivity contribution in [3.05, 3.63) is 71.3 Å². The number of urea groups is 1. The van der Waals surface area contributed by atoms with Gasteiger partial charge in [-0.3, -0.25) is 0 Å². The molecule has 0 fully saturated rings. The van der Waals surface area contributed by atoms with Gasteiger partial charge in [-0.2, -0.15) is 0 Å². The van der Waals surface area contributed by atoms with Crippen molar-refractivity contribution in [2.24, 2.45) is 0 Å². The molecular weight excluding hydrogens is 366 g/mol. The van der Waals surface area contributed by atoms with Gasteiger partial charge >= 0.3 is 12.0 Å². The minimum Gasteiger partial charge on any atom is -0.478 e. The maximum Gasteiger partial charge on any atom is 0.335 e. The SMILES string of the molecule is CCC(CC)(CNC(=O)NCc1ccc(C(=O)O)cc1)NC(C)c1ccccc1. The summed E-state index contributed by atoms with van der Waals surface area (Å²) in [5.41, 5.74) is 2.09. The maximum atomic E-state index is 12.3. The van der Waals surface area contributed by atoms with E-state index in [0.717, 1.165) is 18.4 Å². The molecule has 0 bridgehead atoms. The van der Waals surface area contributed by atoms with Gasteiger partial charge in [0.2, 0.25) is 0 Å². The smallest absolute Gasteiger partial charge is 0.335 e. The molecule has 6 heteroatoms. The van der Waals surface area contributed by atoms with Crippen LogP contribution in [-0.2, 0) is 6.54 Å². The molecule has 1 unspecified atom stereocenters. The Kier molecular flexibility index (Phi) is 8.21. The van der Waals surface area contributed by atoms with E-state index in [1.54, 1.807) is 12.1 Å². The average Bonchev–Trinajstić information content (AvgIpc) is 2.76. The number of aromatic carboxylic acids is 1. The van der Waals surface area contributed by atoms with Crippen LogP contribution in [0.2, 0.25) is 0 Å². The zero-order chi connectivity index (χ0) is 21.3. The van der Waals surface area contributed by atoms with Gasteiger partial charge in [0.25, 0.3) is 0 Å². The van der Waals surface area contributed by atoms with Crippen LogP contribution in [0.25, 0.3) is 0 Å². The molecule has 2 aromatic rings. The molecule has 0 aliphatic rings. The third-order valence-electron chi connectivity index (χ3n) is 5.42. The molecule has 4 N–H and O–H groups in total. The Bertz CT molecular complexity index is 787. The molecule has 2 aromatic carbocycles. The van der Waals surface area contributed by atoms with Crippen LogP contribution in [0.15, 0.2) is 54.6 Å². The summed E-state index contributed by atoms with van der Waals surface area (Å²) in [6.07, 6.45) is 1.77. The molecule has 0 heterocycles. The highest BCUT2D eigenvalue weighted by Gasteiger charge is 2.28. The fraction of sp³-hybridized carbons (Fsp3) is 0.391. The highest BCUT2D eigenvalue weighted by Crippen LogP contribution is 2.21. The van der Waals surface area contributed by atoms with E-state index in [2.05, 4.69) is 48.9 Å². The lowest BCUT2D eigenvalue weighted by Crippen LogP contribution is -2.54. The van der Waals surface area contributed by atoms with Crippen LogP contribution >= 0.6 is 0 Å². The second-order valence-corrected chi connectivity index (χ2v) is 7.30. The van der Waals surface area contributed by atoms with Gasteiger partial charge in [0.1, 0.15) is 0 Å². The van der Waals surface area contributed by atoms with Crippen molar-refractivity contribution in [2.75, 3.05) is 6.54 Å². The number of carboxylic acid groups (broad SMARTS) is 1. The monoisotopic (exact) mass is 397 g/mol. The van der Waals surface area contributed by atoms with Crippen molar-refractivity contribution in [2.45, 2.75) is 51.7 Å². The van der Waals surface area contributed by atoms with E-state index < -0.39 is 5.97 Å². The summed E-state index contributed by atoms with van der Waals surface area (Å²) < 4.78 is 0. The zero-order valence-electron chi connectivity index (χ0n) is 17.4. The van der Waals surface area contributed by atoms with Crippen molar-refractivity contribution < 1.29 is 14.7 Å². The average molecular weight is 398 g/mol. The van der Waals surface area contributed by atoms with Gasteiger partial charge < -0.3 is 21.1 Å². The van der Waals surface area contributed by atoms with Crippen molar-refractivity contribution in [3.8, 4) is 0 Å². The van der Waals surface area contributed by atoms with Crippen molar-refractivity contribution in [3.63, 3.8) is 0 Å². The first-order valence-corrected chi connectivity index (χ1v) is 10.1. The van der Waals surface area contributed by atoms with Crippen molar-refractivity contribution in [1.29, 1.82) is 0 Å². The molecule has 0 saturated carbocycles. The van der Waals surface area contributed by atoms with Crippen LogP contribution in [0.3, 0.4) is 0 Å². The van der Waals surface area contributed by atoms with Crippen LogP contribution in [-0.4, -0.2) is 29.2 Å². The van der Waals surface area contributed by atoms with E-state index in [-0.39, 0.29) is 23.2 Å². The predicted molar refractivity (Wildman–Crippen MR) is 115 cm³/mol. The number of carbonyl (C=O) groups excluding carboxylic acids is 1. The summed E-state index contributed by atoms with van der Waals surface area (Å²) in [6.45, 7) is 7.23. The summed E-state index contributed by atoms with van der Waals surface area (Å²) in [4.78, 5) is 23.2. The van der Waals surface area contributed by atoms with E-state index in [4.69, 9.17) is 5.11 Å². The van der Waals surface area contributed by atoms with Gasteiger partial charge in [0.15, 0.2) is 0 Å². The predicted octanol–water partition coefficient (Wildman–Crippen LogP) is 4.09. The van der Waals surface area contributed by atoms with E-state index in [0.29, 0.717) is 13.1 Å². The van der Waals surface area contributed by atoms with Crippen LogP contribution in [0.4, 0.5) is 4.79 Å². The molecule has 156 valence electrons. The topological polar surface area (TPSA) is 90.5 Å². The molecule has 0 spiro atoms. The molecular formula is C23H31N3O3. The van der Waals surface area contributed by atoms with E-state index in [1.165, 1.54) is 17.7 Å². The number of benzene rings is 2. The lowest BCUT2D eigenvalue weighted by molar-refractivity contribution is 0.0697. The largest absolute Gasteiger partial charge is 0.478 e. The molecule has 2 amide bonds. The first-order valence-electron chi connectivity index (χ1n) is 10.1. The summed E-state index contributed by atoms with van der Waals surface area (Å²) in [5.74, 6) is -0.963. The van der Waals surface area contributed by atoms with Gasteiger partial charge in [-0.05, 0) is 43.0 Å². The lowest BCUT2D eigenvalue weighted by Gasteiger charge is -2.36. The summed E-state index contributed by atoms with van der Waals surface area (Å²) in [6, 6.07) is 16.7. The fourth-order valence-electron chi connectivity index (χ4n) is 3.30. The first-order chi connectivity index (χ1) is 13.9. The maximum absolute atomic E-state index is 12.3. The van der Waals surface area contributed by atoms with E-state index in [1.807, 2.05) is 18.2 Å². The molecule has 0 aromatic heterocycles. The molecule has 0 aliphatic heterocycles. The summed E-state index contributed by atoms with van der Waals surface area (Å²) >= 11 is 0. The number of carbonyl (C=O) groups is 2. The Balaban J connectivity index is 1.88. The van der Waals surface area contributed by atoms with Crippen LogP contribution < -0.4 is 16.0 Å². The highest BCUT2D eigenvalue weighted by atomic mass is 16.4. The second-order valence-electron chi connectivity index (χ2n) is 7.30. The number of hydrogen-bond acceptors (Lipinski definition) is 3. The molecule has 0 saturated heterocycles. The Morgan fingerprint density at radius 2 is 1.59 bits per heavy atom. The third-order valence-corrected chi connectivity index (χ3v) is 5.42. The molecule has 6 nitrogen and oxygen atoms in total. The van der Waals surface area contributed by atoms with Crippen LogP contribution in [0.5, 0.6) is 0 Å². The molecule has 29 heavy (non-hydrogen) atoms. The van der Waals surface area contributed by atoms with E-state index >= 15 is 0 Å². The summed E-state index contributed by atoms with van der Waals surface area (Å²) in [5, 5.41) is 18.4. The van der Waals surface area contributed by atoms with Gasteiger partial charge in [0.05, 0.1) is 5.56 Å². The minimum absolute atomic E-state index is 0.175. The quantitative estimate of drug-likeness (QED) is 0.486. The Morgan fingerprint density at radius 1 is 0.966 bits per heavy atom. The number of rotatable bonds is 10. The van der Waals surface area contributed by atoms with Crippen LogP contribution in [0, 0.1) is 0 Å². The number of hydrogen-bond donors (Lipinski definition) is 4. The zero-order valence-corrected chi connectivity index (χ0v) is 17.4. The third kappa shape index (κ3) is 6.61. The van der Waals surface area contributed by atoms with Crippen molar-refractivity contribution >= 4 is 12.0 Å². The van der Waals surface area contributed by atoms with Gasteiger partial charge in [-0.1, -0.05) is 56.3 Å². The Morgan fingerprint density at radius 3 is 2.14 bits per heavy atom. The van der Waals surface area contributed by atoms with E-state index in [9.17, 15) is 9.59 Å². The van der Waals surface area contributed by atoms with Crippen molar-refractivity contribution in [1.82, 2.24) is 16.0 Å². The Hall–Kier alpha value is -2.86. The molecule has 1 atom stereocenters. The van der Waals surface area contributed by atoms with Gasteiger partial charge in [-0.25, -0.2) is 9.59 Å². The van der Waals surface area contributed by atoms with Crippen LogP contribution in [0.1, 0.15) is 61.1 Å². The number of nitrogens with one attached hydrogen (secondary N) is 3. The fourth-order valence-corrected chi connectivity index (χ4v) is 3.30. The minimum atomic E-state index is -0.963. The molecule has 0 radical (unpaired) electrons. The van der Waals surface area contributed by atoms with Gasteiger partial charge in [0, 0.05) is 24.7 Å². The number of carboxylic acids is 1.